The molecule has 0 fully saturated rings. The maximum Gasteiger partial charge on any atom is 0.435 e. The first-order chi connectivity index (χ1) is 7.21. The highest BCUT2D eigenvalue weighted by Crippen LogP contribution is 2.36. The number of carbonyl (C=O) groups excluding carboxylic acids is 2. The number of rotatable bonds is 2. The second-order valence-corrected chi connectivity index (χ2v) is 3.93. The van der Waals surface area contributed by atoms with Crippen LogP contribution in [-0.2, 0) is 11.0 Å². The van der Waals surface area contributed by atoms with Crippen LogP contribution in [0, 0.1) is 0 Å². The van der Waals surface area contributed by atoms with Crippen LogP contribution in [0.3, 0.4) is 0 Å². The average Bonchev–Trinajstić information content (AvgIpc) is 2.45. The zero-order valence-electron chi connectivity index (χ0n) is 8.31. The Balaban J connectivity index is 3.21. The largest absolute Gasteiger partial charge is 0.435 e. The molecule has 1 N–H and O–H groups in total. The van der Waals surface area contributed by atoms with E-state index in [1.807, 2.05) is 0 Å². The molecular formula is C8H7F3N2O2S. The van der Waals surface area contributed by atoms with Crippen molar-refractivity contribution >= 4 is 28.2 Å². The van der Waals surface area contributed by atoms with Crippen molar-refractivity contribution in [3.63, 3.8) is 0 Å². The molecule has 1 amide bonds. The van der Waals surface area contributed by atoms with E-state index in [0.717, 1.165) is 13.8 Å². The molecular weight excluding hydrogens is 245 g/mol. The number of hydrogen-bond donors (Lipinski definition) is 1. The fourth-order valence-corrected chi connectivity index (χ4v) is 1.88. The minimum atomic E-state index is -4.70. The van der Waals surface area contributed by atoms with E-state index in [0.29, 0.717) is 11.3 Å². The van der Waals surface area contributed by atoms with Gasteiger partial charge in [0.2, 0.25) is 5.91 Å². The van der Waals surface area contributed by atoms with Crippen LogP contribution in [-0.4, -0.2) is 16.7 Å². The van der Waals surface area contributed by atoms with Crippen LogP contribution < -0.4 is 5.32 Å². The maximum absolute atomic E-state index is 12.4. The van der Waals surface area contributed by atoms with E-state index < -0.39 is 28.4 Å². The van der Waals surface area contributed by atoms with Gasteiger partial charge in [-0.2, -0.15) is 13.2 Å². The average molecular weight is 252 g/mol. The number of ketones is 1. The molecule has 0 radical (unpaired) electrons. The van der Waals surface area contributed by atoms with Gasteiger partial charge in [-0.15, -0.1) is 0 Å². The Labute approximate surface area is 92.5 Å². The smallest absolute Gasteiger partial charge is 0.302 e. The zero-order chi connectivity index (χ0) is 12.5. The van der Waals surface area contributed by atoms with Gasteiger partial charge in [0.05, 0.1) is 0 Å². The van der Waals surface area contributed by atoms with Crippen LogP contribution in [0.25, 0.3) is 0 Å². The van der Waals surface area contributed by atoms with Crippen LogP contribution in [0.5, 0.6) is 0 Å². The van der Waals surface area contributed by atoms with E-state index in [1.54, 1.807) is 0 Å². The monoisotopic (exact) mass is 252 g/mol. The predicted molar refractivity (Wildman–Crippen MR) is 51.4 cm³/mol. The summed E-state index contributed by atoms with van der Waals surface area (Å²) >= 11 is 0.510. The van der Waals surface area contributed by atoms with Gasteiger partial charge in [-0.3, -0.25) is 9.59 Å². The normalized spacial score (nSPS) is 11.3. The van der Waals surface area contributed by atoms with Crippen molar-refractivity contribution in [3.05, 3.63) is 10.6 Å². The number of nitrogens with zero attached hydrogens (tertiary/aromatic N) is 1. The predicted octanol–water partition coefficient (Wildman–Crippen LogP) is 2.32. The summed E-state index contributed by atoms with van der Waals surface area (Å²) in [4.78, 5) is 24.3. The van der Waals surface area contributed by atoms with E-state index in [1.165, 1.54) is 0 Å². The number of hydrogen-bond acceptors (Lipinski definition) is 4. The number of anilines is 1. The third-order valence-corrected chi connectivity index (χ3v) is 2.57. The van der Waals surface area contributed by atoms with Crippen molar-refractivity contribution in [2.75, 3.05) is 5.32 Å². The summed E-state index contributed by atoms with van der Waals surface area (Å²) in [5.41, 5.74) is -1.26. The van der Waals surface area contributed by atoms with Gasteiger partial charge in [0.15, 0.2) is 16.6 Å². The molecule has 1 heterocycles. The number of amides is 1. The van der Waals surface area contributed by atoms with Crippen LogP contribution in [0.15, 0.2) is 0 Å². The summed E-state index contributed by atoms with van der Waals surface area (Å²) in [5.74, 6) is -1.28. The van der Waals surface area contributed by atoms with Gasteiger partial charge in [0.1, 0.15) is 4.88 Å². The van der Waals surface area contributed by atoms with Gasteiger partial charge in [-0.05, 0) is 0 Å². The first-order valence-electron chi connectivity index (χ1n) is 4.08. The summed E-state index contributed by atoms with van der Waals surface area (Å²) in [6, 6.07) is 0. The first-order valence-corrected chi connectivity index (χ1v) is 4.90. The van der Waals surface area contributed by atoms with Crippen LogP contribution in [0.1, 0.15) is 29.2 Å². The molecule has 0 bridgehead atoms. The molecule has 4 nitrogen and oxygen atoms in total. The molecule has 0 aliphatic rings. The zero-order valence-corrected chi connectivity index (χ0v) is 9.12. The molecule has 16 heavy (non-hydrogen) atoms. The van der Waals surface area contributed by atoms with Gasteiger partial charge >= 0.3 is 6.18 Å². The molecule has 0 aliphatic heterocycles. The molecule has 0 atom stereocenters. The SMILES string of the molecule is CC(=O)Nc1nc(C(F)(F)F)c(C(C)=O)s1. The quantitative estimate of drug-likeness (QED) is 0.822. The molecule has 8 heteroatoms. The summed E-state index contributed by atoms with van der Waals surface area (Å²) in [7, 11) is 0. The Kier molecular flexibility index (Phi) is 3.32. The maximum atomic E-state index is 12.4. The molecule has 0 unspecified atom stereocenters. The highest BCUT2D eigenvalue weighted by Gasteiger charge is 2.38. The Morgan fingerprint density at radius 1 is 1.31 bits per heavy atom. The summed E-state index contributed by atoms with van der Waals surface area (Å²) < 4.78 is 37.3. The summed E-state index contributed by atoms with van der Waals surface area (Å²) in [6.45, 7) is 2.16. The minimum Gasteiger partial charge on any atom is -0.302 e. The van der Waals surface area contributed by atoms with Crippen molar-refractivity contribution in [1.82, 2.24) is 4.98 Å². The lowest BCUT2D eigenvalue weighted by atomic mass is 10.3. The van der Waals surface area contributed by atoms with Crippen molar-refractivity contribution in [2.45, 2.75) is 20.0 Å². The molecule has 0 saturated carbocycles. The standard InChI is InChI=1S/C8H7F3N2O2S/c1-3(14)5-6(8(9,10)11)13-7(16-5)12-4(2)15/h1-2H3,(H,12,13,15). The number of alkyl halides is 3. The molecule has 1 aromatic heterocycles. The lowest BCUT2D eigenvalue weighted by molar-refractivity contribution is -0.141. The highest BCUT2D eigenvalue weighted by atomic mass is 32.1. The van der Waals surface area contributed by atoms with Gasteiger partial charge in [-0.25, -0.2) is 4.98 Å². The molecule has 1 rings (SSSR count). The van der Waals surface area contributed by atoms with Crippen molar-refractivity contribution in [1.29, 1.82) is 0 Å². The third-order valence-electron chi connectivity index (χ3n) is 1.50. The van der Waals surface area contributed by atoms with Gasteiger partial charge in [-0.1, -0.05) is 11.3 Å². The fraction of sp³-hybridized carbons (Fsp3) is 0.375. The number of nitrogens with one attached hydrogen (secondary N) is 1. The third kappa shape index (κ3) is 2.78. The van der Waals surface area contributed by atoms with E-state index >= 15 is 0 Å². The van der Waals surface area contributed by atoms with E-state index in [4.69, 9.17) is 0 Å². The number of Topliss-reactive ketones (excluding diaryl/α,β-unsaturated/α-hetero) is 1. The topological polar surface area (TPSA) is 59.1 Å². The number of thiazole rings is 1. The number of aromatic nitrogens is 1. The number of carbonyl (C=O) groups is 2. The fourth-order valence-electron chi connectivity index (χ4n) is 0.955. The second-order valence-electron chi connectivity index (χ2n) is 2.93. The summed E-state index contributed by atoms with van der Waals surface area (Å²) in [6.07, 6.45) is -4.70. The van der Waals surface area contributed by atoms with Crippen LogP contribution in [0.4, 0.5) is 18.3 Å². The molecule has 0 saturated heterocycles. The Bertz CT molecular complexity index is 439. The van der Waals surface area contributed by atoms with Gasteiger partial charge in [0, 0.05) is 13.8 Å². The Morgan fingerprint density at radius 3 is 2.19 bits per heavy atom. The van der Waals surface area contributed by atoms with Gasteiger partial charge in [0.25, 0.3) is 0 Å². The molecule has 0 aliphatic carbocycles. The molecule has 1 aromatic rings. The first kappa shape index (κ1) is 12.6. The minimum absolute atomic E-state index is 0.231. The van der Waals surface area contributed by atoms with Crippen molar-refractivity contribution in [3.8, 4) is 0 Å². The van der Waals surface area contributed by atoms with Crippen molar-refractivity contribution < 1.29 is 22.8 Å². The Hall–Kier alpha value is -1.44. The highest BCUT2D eigenvalue weighted by molar-refractivity contribution is 7.17. The molecule has 0 spiro atoms. The molecule has 0 aromatic carbocycles. The lowest BCUT2D eigenvalue weighted by Crippen LogP contribution is -2.11. The van der Waals surface area contributed by atoms with E-state index in [-0.39, 0.29) is 5.13 Å². The number of halogens is 3. The second kappa shape index (κ2) is 4.20. The van der Waals surface area contributed by atoms with Gasteiger partial charge < -0.3 is 5.32 Å². The van der Waals surface area contributed by atoms with Crippen LogP contribution in [0.2, 0.25) is 0 Å². The summed E-state index contributed by atoms with van der Waals surface area (Å²) in [5, 5.41) is 1.88. The molecule has 88 valence electrons. The van der Waals surface area contributed by atoms with Crippen molar-refractivity contribution in [2.24, 2.45) is 0 Å². The van der Waals surface area contributed by atoms with E-state index in [9.17, 15) is 22.8 Å². The Morgan fingerprint density at radius 2 is 1.88 bits per heavy atom. The van der Waals surface area contributed by atoms with Crippen LogP contribution >= 0.6 is 11.3 Å². The lowest BCUT2D eigenvalue weighted by Gasteiger charge is -2.02. The van der Waals surface area contributed by atoms with E-state index in [2.05, 4.69) is 10.3 Å².